The topological polar surface area (TPSA) is 70.2 Å². The monoisotopic (exact) mass is 366 g/mol. The van der Waals surface area contributed by atoms with Gasteiger partial charge in [-0.3, -0.25) is 4.79 Å². The van der Waals surface area contributed by atoms with E-state index in [-0.39, 0.29) is 5.91 Å². The molecule has 0 saturated heterocycles. The molecule has 27 heavy (non-hydrogen) atoms. The molecule has 0 unspecified atom stereocenters. The first-order valence-electron chi connectivity index (χ1n) is 9.40. The Morgan fingerprint density at radius 3 is 2.67 bits per heavy atom. The average Bonchev–Trinajstić information content (AvgIpc) is 3.18. The van der Waals surface area contributed by atoms with Crippen LogP contribution >= 0.6 is 0 Å². The maximum atomic E-state index is 12.5. The third kappa shape index (κ3) is 4.86. The quantitative estimate of drug-likeness (QED) is 0.563. The van der Waals surface area contributed by atoms with E-state index in [0.29, 0.717) is 17.7 Å². The molecule has 0 bridgehead atoms. The minimum atomic E-state index is -0.180. The van der Waals surface area contributed by atoms with Crippen molar-refractivity contribution in [2.75, 3.05) is 31.6 Å². The van der Waals surface area contributed by atoms with Crippen molar-refractivity contribution in [1.29, 1.82) is 0 Å². The van der Waals surface area contributed by atoms with Crippen molar-refractivity contribution in [3.8, 4) is 5.75 Å². The lowest BCUT2D eigenvalue weighted by molar-refractivity contribution is 0.102. The first-order chi connectivity index (χ1) is 13.2. The number of fused-ring (bicyclic) bond motifs is 1. The van der Waals surface area contributed by atoms with Crippen molar-refractivity contribution in [2.45, 2.75) is 20.3 Å². The number of imidazole rings is 1. The van der Waals surface area contributed by atoms with Crippen molar-refractivity contribution in [2.24, 2.45) is 0 Å². The number of amides is 1. The Balaban J connectivity index is 1.53. The Morgan fingerprint density at radius 2 is 1.93 bits per heavy atom. The zero-order valence-corrected chi connectivity index (χ0v) is 15.9. The number of para-hydroxylation sites is 1. The molecule has 1 aromatic heterocycles. The van der Waals surface area contributed by atoms with E-state index in [0.717, 1.165) is 43.0 Å². The van der Waals surface area contributed by atoms with E-state index in [4.69, 9.17) is 4.74 Å². The number of hydrogen-bond acceptors (Lipinski definition) is 4. The van der Waals surface area contributed by atoms with Crippen LogP contribution in [0.3, 0.4) is 0 Å². The maximum absolute atomic E-state index is 12.5. The molecule has 2 N–H and O–H groups in total. The highest BCUT2D eigenvalue weighted by molar-refractivity contribution is 6.11. The molecule has 0 aliphatic rings. The normalized spacial score (nSPS) is 11.1. The van der Waals surface area contributed by atoms with Gasteiger partial charge in [0, 0.05) is 12.2 Å². The average molecular weight is 366 g/mol. The lowest BCUT2D eigenvalue weighted by atomic mass is 10.1. The van der Waals surface area contributed by atoms with Crippen LogP contribution in [0.25, 0.3) is 11.0 Å². The molecule has 0 fully saturated rings. The van der Waals surface area contributed by atoms with Crippen LogP contribution in [0.1, 0.15) is 30.6 Å². The van der Waals surface area contributed by atoms with Gasteiger partial charge in [-0.15, -0.1) is 0 Å². The zero-order chi connectivity index (χ0) is 19.1. The van der Waals surface area contributed by atoms with Crippen LogP contribution in [0.15, 0.2) is 48.8 Å². The second kappa shape index (κ2) is 9.19. The van der Waals surface area contributed by atoms with E-state index in [1.807, 2.05) is 36.4 Å². The van der Waals surface area contributed by atoms with Gasteiger partial charge in [-0.05, 0) is 55.9 Å². The molecule has 2 aromatic carbocycles. The van der Waals surface area contributed by atoms with E-state index in [1.54, 1.807) is 12.4 Å². The minimum Gasteiger partial charge on any atom is -0.494 e. The summed E-state index contributed by atoms with van der Waals surface area (Å²) in [5.41, 5.74) is 2.78. The summed E-state index contributed by atoms with van der Waals surface area (Å²) in [6.45, 7) is 8.20. The number of anilines is 1. The predicted octanol–water partition coefficient (Wildman–Crippen LogP) is 3.93. The van der Waals surface area contributed by atoms with Crippen LogP contribution in [-0.4, -0.2) is 47.0 Å². The number of hydrogen-bond donors (Lipinski definition) is 2. The van der Waals surface area contributed by atoms with Crippen LogP contribution in [-0.2, 0) is 0 Å². The standard InChI is InChI=1S/C21H26N4O2/c1-3-25(4-2)13-6-14-27-17-11-9-16(10-12-17)24-21(26)18-7-5-8-19-20(18)23-15-22-19/h5,7-12,15H,3-4,6,13-14H2,1-2H3,(H,22,23)(H,24,26). The van der Waals surface area contributed by atoms with Crippen molar-refractivity contribution in [1.82, 2.24) is 14.9 Å². The largest absolute Gasteiger partial charge is 0.494 e. The molecule has 1 heterocycles. The molecule has 0 atom stereocenters. The van der Waals surface area contributed by atoms with Crippen molar-refractivity contribution >= 4 is 22.6 Å². The third-order valence-corrected chi connectivity index (χ3v) is 4.59. The van der Waals surface area contributed by atoms with Crippen molar-refractivity contribution in [3.05, 3.63) is 54.4 Å². The van der Waals surface area contributed by atoms with Gasteiger partial charge in [0.15, 0.2) is 0 Å². The Kier molecular flexibility index (Phi) is 6.44. The molecule has 6 nitrogen and oxygen atoms in total. The molecule has 142 valence electrons. The Hall–Kier alpha value is -2.86. The van der Waals surface area contributed by atoms with Gasteiger partial charge in [-0.2, -0.15) is 0 Å². The van der Waals surface area contributed by atoms with Gasteiger partial charge < -0.3 is 19.9 Å². The Bertz CT molecular complexity index is 869. The smallest absolute Gasteiger partial charge is 0.257 e. The SMILES string of the molecule is CCN(CC)CCCOc1ccc(NC(=O)c2cccc3[nH]cnc23)cc1. The van der Waals surface area contributed by atoms with Crippen LogP contribution in [0, 0.1) is 0 Å². The van der Waals surface area contributed by atoms with E-state index in [2.05, 4.69) is 34.0 Å². The summed E-state index contributed by atoms with van der Waals surface area (Å²) >= 11 is 0. The number of nitrogens with one attached hydrogen (secondary N) is 2. The first kappa shape index (κ1) is 18.9. The molecular weight excluding hydrogens is 340 g/mol. The van der Waals surface area contributed by atoms with Gasteiger partial charge in [-0.25, -0.2) is 4.98 Å². The van der Waals surface area contributed by atoms with Crippen LogP contribution in [0.2, 0.25) is 0 Å². The lowest BCUT2D eigenvalue weighted by Gasteiger charge is -2.17. The Morgan fingerprint density at radius 1 is 1.15 bits per heavy atom. The molecule has 3 aromatic rings. The zero-order valence-electron chi connectivity index (χ0n) is 15.9. The van der Waals surface area contributed by atoms with E-state index < -0.39 is 0 Å². The first-order valence-corrected chi connectivity index (χ1v) is 9.40. The van der Waals surface area contributed by atoms with E-state index >= 15 is 0 Å². The fourth-order valence-electron chi connectivity index (χ4n) is 3.00. The highest BCUT2D eigenvalue weighted by Crippen LogP contribution is 2.19. The summed E-state index contributed by atoms with van der Waals surface area (Å²) < 4.78 is 5.78. The number of aromatic nitrogens is 2. The number of aromatic amines is 1. The highest BCUT2D eigenvalue weighted by atomic mass is 16.5. The summed E-state index contributed by atoms with van der Waals surface area (Å²) in [6, 6.07) is 13.0. The fraction of sp³-hybridized carbons (Fsp3) is 0.333. The van der Waals surface area contributed by atoms with Crippen LogP contribution < -0.4 is 10.1 Å². The van der Waals surface area contributed by atoms with Crippen molar-refractivity contribution < 1.29 is 9.53 Å². The summed E-state index contributed by atoms with van der Waals surface area (Å²) in [6.07, 6.45) is 2.58. The summed E-state index contributed by atoms with van der Waals surface area (Å²) in [5, 5.41) is 2.91. The number of benzene rings is 2. The Labute approximate surface area is 159 Å². The van der Waals surface area contributed by atoms with Crippen molar-refractivity contribution in [3.63, 3.8) is 0 Å². The molecule has 0 aliphatic heterocycles. The van der Waals surface area contributed by atoms with Crippen LogP contribution in [0.5, 0.6) is 5.75 Å². The molecule has 0 aliphatic carbocycles. The summed E-state index contributed by atoms with van der Waals surface area (Å²) in [5.74, 6) is 0.627. The van der Waals surface area contributed by atoms with E-state index in [1.165, 1.54) is 0 Å². The summed E-state index contributed by atoms with van der Waals surface area (Å²) in [4.78, 5) is 22.2. The lowest BCUT2D eigenvalue weighted by Crippen LogP contribution is -2.25. The van der Waals surface area contributed by atoms with Gasteiger partial charge in [0.1, 0.15) is 11.3 Å². The predicted molar refractivity (Wildman–Crippen MR) is 108 cm³/mol. The number of ether oxygens (including phenoxy) is 1. The van der Waals surface area contributed by atoms with Gasteiger partial charge >= 0.3 is 0 Å². The summed E-state index contributed by atoms with van der Waals surface area (Å²) in [7, 11) is 0. The molecule has 0 spiro atoms. The second-order valence-electron chi connectivity index (χ2n) is 6.31. The fourth-order valence-corrected chi connectivity index (χ4v) is 3.00. The van der Waals surface area contributed by atoms with E-state index in [9.17, 15) is 4.79 Å². The van der Waals surface area contributed by atoms with Gasteiger partial charge in [0.2, 0.25) is 0 Å². The number of nitrogens with zero attached hydrogens (tertiary/aromatic N) is 2. The van der Waals surface area contributed by atoms with Gasteiger partial charge in [-0.1, -0.05) is 19.9 Å². The second-order valence-corrected chi connectivity index (χ2v) is 6.31. The van der Waals surface area contributed by atoms with Gasteiger partial charge in [0.05, 0.1) is 24.0 Å². The molecule has 3 rings (SSSR count). The molecule has 6 heteroatoms. The minimum absolute atomic E-state index is 0.180. The van der Waals surface area contributed by atoms with Gasteiger partial charge in [0.25, 0.3) is 5.91 Å². The molecule has 0 radical (unpaired) electrons. The number of rotatable bonds is 9. The molecule has 1 amide bonds. The number of carbonyl (C=O) groups is 1. The maximum Gasteiger partial charge on any atom is 0.257 e. The number of carbonyl (C=O) groups excluding carboxylic acids is 1. The number of H-pyrrole nitrogens is 1. The molecular formula is C21H26N4O2. The molecule has 0 saturated carbocycles. The third-order valence-electron chi connectivity index (χ3n) is 4.59. The van der Waals surface area contributed by atoms with Crippen LogP contribution in [0.4, 0.5) is 5.69 Å². The highest BCUT2D eigenvalue weighted by Gasteiger charge is 2.12.